The van der Waals surface area contributed by atoms with Crippen LogP contribution in [0.15, 0.2) is 29.2 Å². The Morgan fingerprint density at radius 3 is 1.86 bits per heavy atom. The van der Waals surface area contributed by atoms with Gasteiger partial charge < -0.3 is 9.84 Å². The third-order valence-electron chi connectivity index (χ3n) is 4.07. The molecule has 8 heteroatoms. The summed E-state index contributed by atoms with van der Waals surface area (Å²) in [6.07, 6.45) is 8.77. The maximum absolute atomic E-state index is 12.6. The first-order valence-electron chi connectivity index (χ1n) is 9.54. The molecule has 0 amide bonds. The van der Waals surface area contributed by atoms with Gasteiger partial charge in [0, 0.05) is 31.8 Å². The summed E-state index contributed by atoms with van der Waals surface area (Å²) in [5.41, 5.74) is 0.298. The lowest BCUT2D eigenvalue weighted by Gasteiger charge is -2.40. The van der Waals surface area contributed by atoms with Gasteiger partial charge in [0.05, 0.1) is 0 Å². The minimum absolute atomic E-state index is 0.161. The maximum Gasteiger partial charge on any atom is 0.310 e. The Balaban J connectivity index is 2.11. The number of hydrogen-bond acceptors (Lipinski definition) is 2. The molecular formula is C20H29F5O2S. The van der Waals surface area contributed by atoms with Crippen molar-refractivity contribution in [3.8, 4) is 11.8 Å². The summed E-state index contributed by atoms with van der Waals surface area (Å²) < 4.78 is 68.4. The lowest BCUT2D eigenvalue weighted by molar-refractivity contribution is 0.112. The van der Waals surface area contributed by atoms with Gasteiger partial charge in [-0.1, -0.05) is 63.4 Å². The van der Waals surface area contributed by atoms with Crippen LogP contribution >= 0.6 is 10.2 Å². The number of ether oxygens (including phenoxy) is 1. The van der Waals surface area contributed by atoms with Crippen LogP contribution in [0.4, 0.5) is 19.4 Å². The van der Waals surface area contributed by atoms with Gasteiger partial charge in [0.25, 0.3) is 0 Å². The van der Waals surface area contributed by atoms with E-state index in [2.05, 4.69) is 11.8 Å². The zero-order valence-corrected chi connectivity index (χ0v) is 16.8. The lowest BCUT2D eigenvalue weighted by Crippen LogP contribution is -2.05. The third-order valence-corrected chi connectivity index (χ3v) is 5.23. The lowest BCUT2D eigenvalue weighted by atomic mass is 10.1. The Bertz CT molecular complexity index is 633. The van der Waals surface area contributed by atoms with Crippen LogP contribution in [-0.4, -0.2) is 24.9 Å². The minimum Gasteiger partial charge on any atom is -0.396 e. The predicted molar refractivity (Wildman–Crippen MR) is 104 cm³/mol. The van der Waals surface area contributed by atoms with Crippen molar-refractivity contribution < 1.29 is 29.3 Å². The second-order valence-corrected chi connectivity index (χ2v) is 9.12. The van der Waals surface area contributed by atoms with Crippen molar-refractivity contribution in [1.82, 2.24) is 0 Å². The number of rotatable bonds is 13. The molecule has 0 bridgehead atoms. The Hall–Kier alpha value is -1.30. The molecule has 1 N–H and O–H groups in total. The number of hydrogen-bond donors (Lipinski definition) is 1. The van der Waals surface area contributed by atoms with Crippen molar-refractivity contribution in [2.75, 3.05) is 19.8 Å². The molecule has 1 aromatic carbocycles. The van der Waals surface area contributed by atoms with Crippen molar-refractivity contribution in [3.05, 3.63) is 29.8 Å². The van der Waals surface area contributed by atoms with Crippen molar-refractivity contribution >= 4 is 10.2 Å². The molecule has 0 saturated heterocycles. The van der Waals surface area contributed by atoms with Crippen LogP contribution in [0.2, 0.25) is 0 Å². The van der Waals surface area contributed by atoms with E-state index in [1.165, 1.54) is 0 Å². The zero-order valence-electron chi connectivity index (χ0n) is 15.9. The molecule has 0 saturated carbocycles. The van der Waals surface area contributed by atoms with Gasteiger partial charge in [0.15, 0.2) is 0 Å². The zero-order chi connectivity index (χ0) is 21.0. The fourth-order valence-electron chi connectivity index (χ4n) is 2.53. The average molecular weight is 429 g/mol. The highest BCUT2D eigenvalue weighted by Gasteiger charge is 2.65. The molecule has 1 rings (SSSR count). The standard InChI is InChI=1S/C20H29F5O2S/c21-28(22,23,24,25)20-14-12-19(13-15-20)11-8-6-4-2-1-3-5-7-9-17-27-18-10-16-26/h12-15,26H,1-7,9-10,16-18H2. The normalized spacial score (nSPS) is 14.1. The van der Waals surface area contributed by atoms with Crippen molar-refractivity contribution in [2.24, 2.45) is 0 Å². The van der Waals surface area contributed by atoms with E-state index in [1.807, 2.05) is 0 Å². The van der Waals surface area contributed by atoms with Gasteiger partial charge in [-0.2, -0.15) is 0 Å². The number of benzene rings is 1. The van der Waals surface area contributed by atoms with Crippen LogP contribution < -0.4 is 0 Å². The fourth-order valence-corrected chi connectivity index (χ4v) is 3.18. The first kappa shape index (κ1) is 24.7. The van der Waals surface area contributed by atoms with Crippen molar-refractivity contribution in [1.29, 1.82) is 0 Å². The molecule has 0 aliphatic heterocycles. The Morgan fingerprint density at radius 1 is 0.750 bits per heavy atom. The van der Waals surface area contributed by atoms with E-state index >= 15 is 0 Å². The van der Waals surface area contributed by atoms with Gasteiger partial charge >= 0.3 is 10.2 Å². The molecule has 0 atom stereocenters. The van der Waals surface area contributed by atoms with Gasteiger partial charge in [-0.05, 0) is 43.5 Å². The summed E-state index contributed by atoms with van der Waals surface area (Å²) in [6, 6.07) is 2.74. The minimum atomic E-state index is -9.60. The molecule has 0 aliphatic rings. The monoisotopic (exact) mass is 428 g/mol. The average Bonchev–Trinajstić information content (AvgIpc) is 2.60. The molecule has 0 aliphatic carbocycles. The van der Waals surface area contributed by atoms with Crippen molar-refractivity contribution in [3.63, 3.8) is 0 Å². The number of aliphatic hydroxyl groups excluding tert-OH is 1. The maximum atomic E-state index is 12.6. The summed E-state index contributed by atoms with van der Waals surface area (Å²) in [5.74, 6) is 5.58. The predicted octanol–water partition coefficient (Wildman–Crippen LogP) is 7.22. The Morgan fingerprint density at radius 2 is 1.29 bits per heavy atom. The van der Waals surface area contributed by atoms with Crippen LogP contribution in [0.1, 0.15) is 63.4 Å². The van der Waals surface area contributed by atoms with Crippen LogP contribution in [0.3, 0.4) is 0 Å². The fraction of sp³-hybridized carbons (Fsp3) is 0.600. The molecule has 0 spiro atoms. The van der Waals surface area contributed by atoms with Crippen LogP contribution in [0.5, 0.6) is 0 Å². The van der Waals surface area contributed by atoms with Crippen LogP contribution in [-0.2, 0) is 4.74 Å². The third kappa shape index (κ3) is 11.5. The smallest absolute Gasteiger partial charge is 0.310 e. The largest absolute Gasteiger partial charge is 0.396 e. The highest BCUT2D eigenvalue weighted by molar-refractivity contribution is 8.45. The van der Waals surface area contributed by atoms with Gasteiger partial charge in [0.2, 0.25) is 0 Å². The van der Waals surface area contributed by atoms with Gasteiger partial charge in [-0.25, -0.2) is 0 Å². The SMILES string of the molecule is OCCCOCCCCCCCCCC#Cc1ccc(S(F)(F)(F)(F)F)cc1. The van der Waals surface area contributed by atoms with E-state index < -0.39 is 15.1 Å². The summed E-state index contributed by atoms with van der Waals surface area (Å²) in [6.45, 7) is 1.50. The highest BCUT2D eigenvalue weighted by atomic mass is 32.5. The molecule has 0 radical (unpaired) electrons. The van der Waals surface area contributed by atoms with Gasteiger partial charge in [0.1, 0.15) is 4.90 Å². The molecule has 0 aromatic heterocycles. The number of halogens is 5. The summed E-state index contributed by atoms with van der Waals surface area (Å²) >= 11 is 0. The quantitative estimate of drug-likeness (QED) is 0.204. The topological polar surface area (TPSA) is 29.5 Å². The van der Waals surface area contributed by atoms with Crippen molar-refractivity contribution in [2.45, 2.75) is 62.7 Å². The first-order chi connectivity index (χ1) is 13.0. The Labute approximate surface area is 164 Å². The summed E-state index contributed by atoms with van der Waals surface area (Å²) in [7, 11) is -9.60. The summed E-state index contributed by atoms with van der Waals surface area (Å²) in [4.78, 5) is -1.89. The highest BCUT2D eigenvalue weighted by Crippen LogP contribution is 3.02. The molecule has 0 fully saturated rings. The van der Waals surface area contributed by atoms with E-state index in [0.29, 0.717) is 37.1 Å². The first-order valence-corrected chi connectivity index (χ1v) is 11.5. The van der Waals surface area contributed by atoms with E-state index in [9.17, 15) is 19.4 Å². The van der Waals surface area contributed by atoms with E-state index in [1.54, 1.807) is 0 Å². The number of aliphatic hydroxyl groups is 1. The second-order valence-electron chi connectivity index (χ2n) is 6.71. The Kier molecular flexibility index (Phi) is 9.25. The molecule has 28 heavy (non-hydrogen) atoms. The molecule has 162 valence electrons. The van der Waals surface area contributed by atoms with Gasteiger partial charge in [-0.3, -0.25) is 0 Å². The second kappa shape index (κ2) is 10.5. The molecule has 0 unspecified atom stereocenters. The van der Waals surface area contributed by atoms with Crippen LogP contribution in [0, 0.1) is 11.8 Å². The molecule has 0 heterocycles. The van der Waals surface area contributed by atoms with Crippen LogP contribution in [0.25, 0.3) is 0 Å². The van der Waals surface area contributed by atoms with E-state index in [0.717, 1.165) is 63.7 Å². The molecule has 1 aromatic rings. The summed E-state index contributed by atoms with van der Waals surface area (Å²) in [5, 5.41) is 8.61. The number of unbranched alkanes of at least 4 members (excludes halogenated alkanes) is 7. The molecular weight excluding hydrogens is 399 g/mol. The van der Waals surface area contributed by atoms with Gasteiger partial charge in [-0.15, -0.1) is 0 Å². The van der Waals surface area contributed by atoms with E-state index in [-0.39, 0.29) is 6.61 Å². The van der Waals surface area contributed by atoms with E-state index in [4.69, 9.17) is 9.84 Å². The molecule has 2 nitrogen and oxygen atoms in total.